The molecule has 20 heavy (non-hydrogen) atoms. The standard InChI is InChI=1S/C12H11ClIN5O/c13-10-17-11(15-6-1-2-6)19-12(18-10)16-7-3-4-9(20)8(14)5-7/h3-6,20H,1-2H2,(H2,15,16,17,18,19). The van der Waals surface area contributed by atoms with Gasteiger partial charge < -0.3 is 15.7 Å². The van der Waals surface area contributed by atoms with E-state index in [0.717, 1.165) is 22.1 Å². The van der Waals surface area contributed by atoms with Crippen LogP contribution in [0.3, 0.4) is 0 Å². The van der Waals surface area contributed by atoms with Gasteiger partial charge in [-0.05, 0) is 65.2 Å². The molecule has 8 heteroatoms. The number of nitrogens with zero attached hydrogens (tertiary/aromatic N) is 3. The highest BCUT2D eigenvalue weighted by molar-refractivity contribution is 14.1. The summed E-state index contributed by atoms with van der Waals surface area (Å²) < 4.78 is 0.740. The molecule has 6 nitrogen and oxygen atoms in total. The Morgan fingerprint density at radius 3 is 2.65 bits per heavy atom. The van der Waals surface area contributed by atoms with Gasteiger partial charge in [0.05, 0.1) is 3.57 Å². The molecule has 1 aliphatic rings. The normalized spacial score (nSPS) is 14.1. The van der Waals surface area contributed by atoms with Crippen molar-refractivity contribution < 1.29 is 5.11 Å². The van der Waals surface area contributed by atoms with Gasteiger partial charge in [-0.3, -0.25) is 0 Å². The number of hydrogen-bond acceptors (Lipinski definition) is 6. The SMILES string of the molecule is Oc1ccc(Nc2nc(Cl)nc(NC3CC3)n2)cc1I. The van der Waals surface area contributed by atoms with E-state index >= 15 is 0 Å². The van der Waals surface area contributed by atoms with Gasteiger partial charge in [-0.25, -0.2) is 0 Å². The lowest BCUT2D eigenvalue weighted by Gasteiger charge is -2.08. The number of benzene rings is 1. The number of halogens is 2. The molecular formula is C12H11ClIN5O. The highest BCUT2D eigenvalue weighted by Gasteiger charge is 2.22. The van der Waals surface area contributed by atoms with E-state index in [4.69, 9.17) is 11.6 Å². The molecular weight excluding hydrogens is 393 g/mol. The predicted molar refractivity (Wildman–Crippen MR) is 85.6 cm³/mol. The van der Waals surface area contributed by atoms with Crippen molar-refractivity contribution in [1.29, 1.82) is 0 Å². The molecule has 1 saturated carbocycles. The van der Waals surface area contributed by atoms with Crippen LogP contribution in [0.5, 0.6) is 5.75 Å². The molecule has 0 aliphatic heterocycles. The summed E-state index contributed by atoms with van der Waals surface area (Å²) in [4.78, 5) is 12.3. The molecule has 1 aliphatic carbocycles. The molecule has 2 aromatic rings. The van der Waals surface area contributed by atoms with Gasteiger partial charge in [0.1, 0.15) is 5.75 Å². The zero-order valence-corrected chi connectivity index (χ0v) is 13.2. The summed E-state index contributed by atoms with van der Waals surface area (Å²) in [5.74, 6) is 1.08. The van der Waals surface area contributed by atoms with Crippen molar-refractivity contribution in [1.82, 2.24) is 15.0 Å². The lowest BCUT2D eigenvalue weighted by Crippen LogP contribution is -2.08. The second-order valence-corrected chi connectivity index (χ2v) is 5.96. The number of aromatic nitrogens is 3. The maximum absolute atomic E-state index is 9.50. The van der Waals surface area contributed by atoms with E-state index in [-0.39, 0.29) is 11.0 Å². The van der Waals surface area contributed by atoms with Gasteiger partial charge in [0, 0.05) is 11.7 Å². The molecule has 1 aromatic heterocycles. The third-order valence-electron chi connectivity index (χ3n) is 2.72. The Kier molecular flexibility index (Phi) is 3.79. The van der Waals surface area contributed by atoms with Crippen LogP contribution >= 0.6 is 34.2 Å². The Balaban J connectivity index is 1.81. The minimum atomic E-state index is 0.138. The van der Waals surface area contributed by atoms with Crippen molar-refractivity contribution in [3.05, 3.63) is 27.1 Å². The van der Waals surface area contributed by atoms with Crippen LogP contribution in [-0.4, -0.2) is 26.1 Å². The molecule has 0 spiro atoms. The summed E-state index contributed by atoms with van der Waals surface area (Å²) >= 11 is 7.94. The molecule has 0 unspecified atom stereocenters. The summed E-state index contributed by atoms with van der Waals surface area (Å²) in [6.45, 7) is 0. The second kappa shape index (κ2) is 5.57. The van der Waals surface area contributed by atoms with Gasteiger partial charge in [-0.15, -0.1) is 0 Å². The lowest BCUT2D eigenvalue weighted by atomic mass is 10.3. The summed E-state index contributed by atoms with van der Waals surface area (Å²) in [7, 11) is 0. The van der Waals surface area contributed by atoms with Crippen molar-refractivity contribution in [2.45, 2.75) is 18.9 Å². The number of anilines is 3. The van der Waals surface area contributed by atoms with Crippen molar-refractivity contribution in [3.63, 3.8) is 0 Å². The number of aromatic hydroxyl groups is 1. The Labute approximate surface area is 134 Å². The summed E-state index contributed by atoms with van der Waals surface area (Å²) in [6.07, 6.45) is 2.25. The Morgan fingerprint density at radius 1 is 1.20 bits per heavy atom. The molecule has 0 radical (unpaired) electrons. The first-order valence-electron chi connectivity index (χ1n) is 6.04. The summed E-state index contributed by atoms with van der Waals surface area (Å²) in [5, 5.41) is 15.9. The maximum atomic E-state index is 9.50. The highest BCUT2D eigenvalue weighted by atomic mass is 127. The fraction of sp³-hybridized carbons (Fsp3) is 0.250. The van der Waals surface area contributed by atoms with Crippen LogP contribution in [0.15, 0.2) is 18.2 Å². The van der Waals surface area contributed by atoms with Gasteiger partial charge in [0.2, 0.25) is 17.2 Å². The third-order valence-corrected chi connectivity index (χ3v) is 3.76. The number of rotatable bonds is 4. The smallest absolute Gasteiger partial charge is 0.233 e. The maximum Gasteiger partial charge on any atom is 0.233 e. The molecule has 0 atom stereocenters. The van der Waals surface area contributed by atoms with E-state index in [1.807, 2.05) is 22.6 Å². The fourth-order valence-corrected chi connectivity index (χ4v) is 2.27. The van der Waals surface area contributed by atoms with Gasteiger partial charge in [0.15, 0.2) is 0 Å². The topological polar surface area (TPSA) is 83.0 Å². The Bertz CT molecular complexity index is 650. The summed E-state index contributed by atoms with van der Waals surface area (Å²) in [6, 6.07) is 5.58. The van der Waals surface area contributed by atoms with E-state index in [9.17, 15) is 5.11 Å². The Hall–Kier alpha value is -1.35. The molecule has 3 N–H and O–H groups in total. The first-order chi connectivity index (χ1) is 9.60. The van der Waals surface area contributed by atoms with Crippen LogP contribution in [0.25, 0.3) is 0 Å². The molecule has 1 heterocycles. The average molecular weight is 404 g/mol. The average Bonchev–Trinajstić information content (AvgIpc) is 3.17. The first-order valence-corrected chi connectivity index (χ1v) is 7.49. The molecule has 1 fully saturated rings. The molecule has 0 saturated heterocycles. The van der Waals surface area contributed by atoms with Gasteiger partial charge in [-0.1, -0.05) is 0 Å². The fourth-order valence-electron chi connectivity index (χ4n) is 1.59. The van der Waals surface area contributed by atoms with Crippen molar-refractivity contribution >= 4 is 51.8 Å². The molecule has 104 valence electrons. The van der Waals surface area contributed by atoms with Gasteiger partial charge >= 0.3 is 0 Å². The lowest BCUT2D eigenvalue weighted by molar-refractivity contribution is 0.471. The highest BCUT2D eigenvalue weighted by Crippen LogP contribution is 2.26. The van der Waals surface area contributed by atoms with Crippen molar-refractivity contribution in [2.24, 2.45) is 0 Å². The van der Waals surface area contributed by atoms with Crippen LogP contribution in [0.2, 0.25) is 5.28 Å². The quantitative estimate of drug-likeness (QED) is 0.537. The molecule has 3 rings (SSSR count). The minimum absolute atomic E-state index is 0.138. The Morgan fingerprint density at radius 2 is 1.95 bits per heavy atom. The van der Waals surface area contributed by atoms with Gasteiger partial charge in [-0.2, -0.15) is 15.0 Å². The van der Waals surface area contributed by atoms with Crippen LogP contribution in [0.1, 0.15) is 12.8 Å². The van der Waals surface area contributed by atoms with E-state index < -0.39 is 0 Å². The number of hydrogen-bond donors (Lipinski definition) is 3. The largest absolute Gasteiger partial charge is 0.507 e. The zero-order chi connectivity index (χ0) is 14.1. The van der Waals surface area contributed by atoms with Crippen molar-refractivity contribution in [2.75, 3.05) is 10.6 Å². The van der Waals surface area contributed by atoms with Crippen LogP contribution in [0.4, 0.5) is 17.6 Å². The number of nitrogens with one attached hydrogen (secondary N) is 2. The van der Waals surface area contributed by atoms with E-state index in [2.05, 4.69) is 25.6 Å². The predicted octanol–water partition coefficient (Wildman–Crippen LogP) is 3.15. The number of phenols is 1. The van der Waals surface area contributed by atoms with E-state index in [0.29, 0.717) is 17.9 Å². The first kappa shape index (κ1) is 13.6. The van der Waals surface area contributed by atoms with E-state index in [1.54, 1.807) is 18.2 Å². The van der Waals surface area contributed by atoms with Crippen molar-refractivity contribution in [3.8, 4) is 5.75 Å². The third kappa shape index (κ3) is 3.40. The number of phenolic OH excluding ortho intramolecular Hbond substituents is 1. The van der Waals surface area contributed by atoms with Crippen LogP contribution in [0, 0.1) is 3.57 Å². The molecule has 0 amide bonds. The van der Waals surface area contributed by atoms with E-state index in [1.165, 1.54) is 0 Å². The summed E-state index contributed by atoms with van der Waals surface area (Å²) in [5.41, 5.74) is 0.770. The second-order valence-electron chi connectivity index (χ2n) is 4.46. The van der Waals surface area contributed by atoms with Crippen LogP contribution < -0.4 is 10.6 Å². The molecule has 1 aromatic carbocycles. The molecule has 0 bridgehead atoms. The monoisotopic (exact) mass is 403 g/mol. The van der Waals surface area contributed by atoms with Crippen LogP contribution in [-0.2, 0) is 0 Å². The minimum Gasteiger partial charge on any atom is -0.507 e. The zero-order valence-electron chi connectivity index (χ0n) is 10.3. The van der Waals surface area contributed by atoms with Gasteiger partial charge in [0.25, 0.3) is 0 Å².